The van der Waals surface area contributed by atoms with E-state index in [1.165, 1.54) is 0 Å². The summed E-state index contributed by atoms with van der Waals surface area (Å²) in [6.45, 7) is 0.727. The lowest BCUT2D eigenvalue weighted by Gasteiger charge is -2.17. The Bertz CT molecular complexity index is 385. The van der Waals surface area contributed by atoms with Crippen molar-refractivity contribution in [1.82, 2.24) is 3.71 Å². The summed E-state index contributed by atoms with van der Waals surface area (Å²) in [7, 11) is -7.39. The van der Waals surface area contributed by atoms with Crippen LogP contribution in [-0.2, 0) is 20.0 Å². The topological polar surface area (TPSA) is 97.5 Å². The monoisotopic (exact) mass is 300 g/mol. The summed E-state index contributed by atoms with van der Waals surface area (Å²) in [5.41, 5.74) is 5.36. The molecule has 0 aliphatic carbocycles. The molecular formula is C10H24N2O4S2. The molecule has 8 heteroatoms. The molecule has 0 amide bonds. The molecule has 0 aromatic carbocycles. The van der Waals surface area contributed by atoms with Gasteiger partial charge in [0.05, 0.1) is 12.5 Å². The second-order valence-electron chi connectivity index (χ2n) is 4.43. The second-order valence-corrected chi connectivity index (χ2v) is 8.48. The van der Waals surface area contributed by atoms with Gasteiger partial charge in [-0.15, -0.1) is 0 Å². The number of hydrogen-bond donors (Lipinski definition) is 1. The summed E-state index contributed by atoms with van der Waals surface area (Å²) in [5.74, 6) is 0. The average Bonchev–Trinajstić information content (AvgIpc) is 2.18. The van der Waals surface area contributed by atoms with Crippen LogP contribution in [0.3, 0.4) is 0 Å². The normalized spacial score (nSPS) is 13.1. The van der Waals surface area contributed by atoms with Gasteiger partial charge >= 0.3 is 0 Å². The molecule has 18 heavy (non-hydrogen) atoms. The minimum absolute atomic E-state index is 0.0363. The molecule has 0 saturated carbocycles. The van der Waals surface area contributed by atoms with Gasteiger partial charge in [0.1, 0.15) is 0 Å². The predicted molar refractivity (Wildman–Crippen MR) is 73.2 cm³/mol. The Morgan fingerprint density at radius 3 is 1.56 bits per heavy atom. The van der Waals surface area contributed by atoms with Crippen LogP contribution in [0.1, 0.15) is 38.5 Å². The summed E-state index contributed by atoms with van der Waals surface area (Å²) in [6.07, 6.45) is 7.30. The maximum atomic E-state index is 11.3. The van der Waals surface area contributed by atoms with Gasteiger partial charge in [-0.25, -0.2) is 16.8 Å². The molecule has 0 aliphatic rings. The third-order valence-electron chi connectivity index (χ3n) is 2.53. The smallest absolute Gasteiger partial charge is 0.224 e. The lowest BCUT2D eigenvalue weighted by Crippen LogP contribution is -2.36. The van der Waals surface area contributed by atoms with Crippen LogP contribution in [0.25, 0.3) is 0 Å². The van der Waals surface area contributed by atoms with E-state index < -0.39 is 20.0 Å². The lowest BCUT2D eigenvalue weighted by atomic mass is 10.1. The van der Waals surface area contributed by atoms with Crippen LogP contribution >= 0.6 is 0 Å². The number of nitrogens with zero attached hydrogens (tertiary/aromatic N) is 1. The van der Waals surface area contributed by atoms with Gasteiger partial charge in [0.15, 0.2) is 0 Å². The van der Waals surface area contributed by atoms with Gasteiger partial charge in [-0.2, -0.15) is 0 Å². The van der Waals surface area contributed by atoms with Crippen LogP contribution in [-0.4, -0.2) is 46.1 Å². The molecule has 6 nitrogen and oxygen atoms in total. The number of nitrogens with two attached hydrogens (primary N) is 1. The van der Waals surface area contributed by atoms with E-state index in [-0.39, 0.29) is 6.54 Å². The maximum absolute atomic E-state index is 11.3. The molecule has 0 rings (SSSR count). The zero-order valence-electron chi connectivity index (χ0n) is 11.1. The third-order valence-corrected chi connectivity index (χ3v) is 6.00. The molecule has 110 valence electrons. The van der Waals surface area contributed by atoms with Crippen molar-refractivity contribution in [1.29, 1.82) is 0 Å². The van der Waals surface area contributed by atoms with Crippen LogP contribution in [0.4, 0.5) is 0 Å². The highest BCUT2D eigenvalue weighted by Gasteiger charge is 2.25. The van der Waals surface area contributed by atoms with Crippen LogP contribution in [0, 0.1) is 0 Å². The molecule has 0 saturated heterocycles. The Morgan fingerprint density at radius 2 is 1.17 bits per heavy atom. The number of sulfonamides is 2. The van der Waals surface area contributed by atoms with Crippen LogP contribution in [0.5, 0.6) is 0 Å². The first-order valence-electron chi connectivity index (χ1n) is 6.07. The Labute approximate surface area is 111 Å². The molecule has 0 bridgehead atoms. The fourth-order valence-electron chi connectivity index (χ4n) is 1.67. The quantitative estimate of drug-likeness (QED) is 0.593. The number of unbranched alkanes of at least 4 members (excludes halogenated alkanes) is 5. The molecule has 0 spiro atoms. The zero-order valence-corrected chi connectivity index (χ0v) is 12.8. The minimum Gasteiger partial charge on any atom is -0.330 e. The van der Waals surface area contributed by atoms with Gasteiger partial charge in [-0.3, -0.25) is 0 Å². The van der Waals surface area contributed by atoms with Crippen LogP contribution in [0.15, 0.2) is 0 Å². The molecule has 0 atom stereocenters. The second kappa shape index (κ2) is 8.08. The molecular weight excluding hydrogens is 276 g/mol. The first-order chi connectivity index (χ1) is 8.19. The Balaban J connectivity index is 4.02. The van der Waals surface area contributed by atoms with Crippen molar-refractivity contribution >= 4 is 20.0 Å². The van der Waals surface area contributed by atoms with E-state index in [0.29, 0.717) is 16.7 Å². The van der Waals surface area contributed by atoms with Crippen LogP contribution < -0.4 is 5.73 Å². The minimum atomic E-state index is -3.70. The standard InChI is InChI=1S/C10H24N2O4S2/c1-17(13,14)12(18(2,15)16)10-8-6-4-3-5-7-9-11/h3-11H2,1-2H3. The van der Waals surface area contributed by atoms with Gasteiger partial charge in [-0.1, -0.05) is 29.4 Å². The highest BCUT2D eigenvalue weighted by atomic mass is 32.3. The van der Waals surface area contributed by atoms with Gasteiger partial charge < -0.3 is 5.73 Å². The Morgan fingerprint density at radius 1 is 0.778 bits per heavy atom. The van der Waals surface area contributed by atoms with E-state index in [4.69, 9.17) is 5.73 Å². The van der Waals surface area contributed by atoms with E-state index >= 15 is 0 Å². The number of rotatable bonds is 10. The van der Waals surface area contributed by atoms with Crippen molar-refractivity contribution in [3.05, 3.63) is 0 Å². The zero-order chi connectivity index (χ0) is 14.2. The summed E-state index contributed by atoms with van der Waals surface area (Å²) in [6, 6.07) is 0. The largest absolute Gasteiger partial charge is 0.330 e. The Kier molecular flexibility index (Phi) is 8.00. The number of hydrogen-bond acceptors (Lipinski definition) is 5. The van der Waals surface area contributed by atoms with E-state index in [2.05, 4.69) is 0 Å². The fraction of sp³-hybridized carbons (Fsp3) is 1.00. The van der Waals surface area contributed by atoms with E-state index in [9.17, 15) is 16.8 Å². The molecule has 0 unspecified atom stereocenters. The van der Waals surface area contributed by atoms with Crippen molar-refractivity contribution in [2.24, 2.45) is 5.73 Å². The maximum Gasteiger partial charge on any atom is 0.224 e. The lowest BCUT2D eigenvalue weighted by molar-refractivity contribution is 0.486. The molecule has 0 radical (unpaired) electrons. The third kappa shape index (κ3) is 8.02. The first-order valence-corrected chi connectivity index (χ1v) is 9.77. The average molecular weight is 300 g/mol. The van der Waals surface area contributed by atoms with E-state index in [1.54, 1.807) is 0 Å². The summed E-state index contributed by atoms with van der Waals surface area (Å²) in [5, 5.41) is 0. The molecule has 2 N–H and O–H groups in total. The SMILES string of the molecule is CS(=O)(=O)N(CCCCCCCCN)S(C)(=O)=O. The van der Waals surface area contributed by atoms with Crippen molar-refractivity contribution in [2.45, 2.75) is 38.5 Å². The highest BCUT2D eigenvalue weighted by Crippen LogP contribution is 2.10. The van der Waals surface area contributed by atoms with E-state index in [0.717, 1.165) is 44.6 Å². The van der Waals surface area contributed by atoms with E-state index in [1.807, 2.05) is 0 Å². The molecule has 0 aromatic rings. The van der Waals surface area contributed by atoms with Crippen molar-refractivity contribution in [3.63, 3.8) is 0 Å². The highest BCUT2D eigenvalue weighted by molar-refractivity contribution is 8.03. The summed E-state index contributed by atoms with van der Waals surface area (Å²) >= 11 is 0. The van der Waals surface area contributed by atoms with Crippen molar-refractivity contribution in [3.8, 4) is 0 Å². The van der Waals surface area contributed by atoms with Crippen molar-refractivity contribution < 1.29 is 16.8 Å². The molecule has 0 aromatic heterocycles. The van der Waals surface area contributed by atoms with Crippen molar-refractivity contribution in [2.75, 3.05) is 25.6 Å². The van der Waals surface area contributed by atoms with Gasteiger partial charge in [0.25, 0.3) is 0 Å². The summed E-state index contributed by atoms with van der Waals surface area (Å²) in [4.78, 5) is 0. The summed E-state index contributed by atoms with van der Waals surface area (Å²) < 4.78 is 45.8. The predicted octanol–water partition coefficient (Wildman–Crippen LogP) is 0.507. The van der Waals surface area contributed by atoms with Gasteiger partial charge in [0.2, 0.25) is 20.0 Å². The van der Waals surface area contributed by atoms with Crippen LogP contribution in [0.2, 0.25) is 0 Å². The molecule has 0 aliphatic heterocycles. The van der Waals surface area contributed by atoms with Gasteiger partial charge in [0, 0.05) is 6.54 Å². The first kappa shape index (κ1) is 17.8. The van der Waals surface area contributed by atoms with Gasteiger partial charge in [-0.05, 0) is 19.4 Å². The Hall–Kier alpha value is -0.180. The fourth-order valence-corrected chi connectivity index (χ4v) is 4.56. The molecule has 0 heterocycles. The molecule has 0 fully saturated rings.